The number of halogens is 1. The van der Waals surface area contributed by atoms with E-state index < -0.39 is 0 Å². The van der Waals surface area contributed by atoms with Gasteiger partial charge >= 0.3 is 0 Å². The lowest BCUT2D eigenvalue weighted by molar-refractivity contribution is -0.128. The third-order valence-corrected chi connectivity index (χ3v) is 5.24. The minimum Gasteiger partial charge on any atom is -0.381 e. The molecule has 2 N–H and O–H groups in total. The minimum absolute atomic E-state index is 0.150. The van der Waals surface area contributed by atoms with Gasteiger partial charge in [-0.1, -0.05) is 41.9 Å². The quantitative estimate of drug-likeness (QED) is 0.646. The molecule has 0 aliphatic carbocycles. The van der Waals surface area contributed by atoms with Crippen LogP contribution in [0.2, 0.25) is 5.02 Å². The van der Waals surface area contributed by atoms with Gasteiger partial charge in [-0.2, -0.15) is 0 Å². The molecular weight excluding hydrogens is 390 g/mol. The molecule has 1 aromatic heterocycles. The SMILES string of the molecule is O=C(NNC(=O)C1CCOCC1)c1cc(-c2ccc(Cl)cc2)nc2ccccc12. The fourth-order valence-electron chi connectivity index (χ4n) is 3.38. The standard InChI is InChI=1S/C22H20ClN3O3/c23-16-7-5-14(6-8-16)20-13-18(17-3-1-2-4-19(17)24-20)22(28)26-25-21(27)15-9-11-29-12-10-15/h1-8,13,15H,9-12H2,(H,25,27)(H,26,28). The number of hydrogen-bond acceptors (Lipinski definition) is 4. The topological polar surface area (TPSA) is 80.3 Å². The van der Waals surface area contributed by atoms with E-state index in [-0.39, 0.29) is 17.7 Å². The number of fused-ring (bicyclic) bond motifs is 1. The van der Waals surface area contributed by atoms with Crippen LogP contribution in [0.15, 0.2) is 54.6 Å². The summed E-state index contributed by atoms with van der Waals surface area (Å²) in [6, 6.07) is 16.4. The highest BCUT2D eigenvalue weighted by atomic mass is 35.5. The van der Waals surface area contributed by atoms with E-state index in [2.05, 4.69) is 15.8 Å². The zero-order chi connectivity index (χ0) is 20.2. The maximum Gasteiger partial charge on any atom is 0.270 e. The lowest BCUT2D eigenvalue weighted by atomic mass is 10.00. The molecule has 4 rings (SSSR count). The molecule has 2 amide bonds. The molecule has 1 aliphatic rings. The van der Waals surface area contributed by atoms with Crippen LogP contribution in [-0.4, -0.2) is 30.0 Å². The van der Waals surface area contributed by atoms with Crippen LogP contribution in [0.1, 0.15) is 23.2 Å². The first-order valence-electron chi connectivity index (χ1n) is 9.45. The van der Waals surface area contributed by atoms with Gasteiger partial charge < -0.3 is 4.74 Å². The Kier molecular flexibility index (Phi) is 5.74. The van der Waals surface area contributed by atoms with Crippen molar-refractivity contribution >= 4 is 34.3 Å². The van der Waals surface area contributed by atoms with Crippen molar-refractivity contribution in [2.75, 3.05) is 13.2 Å². The zero-order valence-corrected chi connectivity index (χ0v) is 16.4. The molecule has 0 bridgehead atoms. The van der Waals surface area contributed by atoms with Gasteiger partial charge in [0.05, 0.1) is 16.8 Å². The van der Waals surface area contributed by atoms with E-state index in [9.17, 15) is 9.59 Å². The van der Waals surface area contributed by atoms with Crippen LogP contribution in [0.4, 0.5) is 0 Å². The highest BCUT2D eigenvalue weighted by molar-refractivity contribution is 6.30. The van der Waals surface area contributed by atoms with Crippen LogP contribution >= 0.6 is 11.6 Å². The fourth-order valence-corrected chi connectivity index (χ4v) is 3.51. The lowest BCUT2D eigenvalue weighted by Gasteiger charge is -2.21. The summed E-state index contributed by atoms with van der Waals surface area (Å²) in [4.78, 5) is 29.9. The molecule has 0 spiro atoms. The predicted octanol–water partition coefficient (Wildman–Crippen LogP) is 3.74. The fraction of sp³-hybridized carbons (Fsp3) is 0.227. The van der Waals surface area contributed by atoms with Gasteiger partial charge in [0.1, 0.15) is 0 Å². The zero-order valence-electron chi connectivity index (χ0n) is 15.7. The van der Waals surface area contributed by atoms with Crippen LogP contribution in [0, 0.1) is 5.92 Å². The van der Waals surface area contributed by atoms with E-state index in [4.69, 9.17) is 16.3 Å². The molecule has 148 valence electrons. The first-order chi connectivity index (χ1) is 14.1. The molecule has 0 radical (unpaired) electrons. The van der Waals surface area contributed by atoms with E-state index in [1.165, 1.54) is 0 Å². The van der Waals surface area contributed by atoms with E-state index in [0.717, 1.165) is 5.56 Å². The number of nitrogens with one attached hydrogen (secondary N) is 2. The number of carbonyl (C=O) groups is 2. The number of hydrazine groups is 1. The third kappa shape index (κ3) is 4.39. The molecular formula is C22H20ClN3O3. The number of rotatable bonds is 3. The van der Waals surface area contributed by atoms with Gasteiger partial charge in [0.2, 0.25) is 5.91 Å². The van der Waals surface area contributed by atoms with E-state index >= 15 is 0 Å². The summed E-state index contributed by atoms with van der Waals surface area (Å²) in [6.07, 6.45) is 1.31. The van der Waals surface area contributed by atoms with Gasteiger partial charge in [0.15, 0.2) is 0 Å². The van der Waals surface area contributed by atoms with Gasteiger partial charge in [0, 0.05) is 35.1 Å². The largest absolute Gasteiger partial charge is 0.381 e. The number of hydrogen-bond donors (Lipinski definition) is 2. The van der Waals surface area contributed by atoms with Crippen LogP contribution in [-0.2, 0) is 9.53 Å². The number of ether oxygens (including phenoxy) is 1. The number of carbonyl (C=O) groups excluding carboxylic acids is 2. The first kappa shape index (κ1) is 19.4. The summed E-state index contributed by atoms with van der Waals surface area (Å²) < 4.78 is 5.27. The maximum atomic E-state index is 12.9. The third-order valence-electron chi connectivity index (χ3n) is 4.99. The number of nitrogens with zero attached hydrogens (tertiary/aromatic N) is 1. The molecule has 0 atom stereocenters. The van der Waals surface area contributed by atoms with E-state index in [0.29, 0.717) is 53.2 Å². The summed E-state index contributed by atoms with van der Waals surface area (Å²) in [7, 11) is 0. The van der Waals surface area contributed by atoms with Gasteiger partial charge in [-0.25, -0.2) is 4.98 Å². The predicted molar refractivity (Wildman–Crippen MR) is 111 cm³/mol. The minimum atomic E-state index is -0.390. The van der Waals surface area contributed by atoms with Gasteiger partial charge in [-0.3, -0.25) is 20.4 Å². The smallest absolute Gasteiger partial charge is 0.270 e. The molecule has 6 nitrogen and oxygen atoms in total. The molecule has 2 heterocycles. The van der Waals surface area contributed by atoms with Crippen molar-refractivity contribution in [3.63, 3.8) is 0 Å². The van der Waals surface area contributed by atoms with Crippen LogP contribution in [0.3, 0.4) is 0 Å². The molecule has 0 unspecified atom stereocenters. The first-order valence-corrected chi connectivity index (χ1v) is 9.83. The Morgan fingerprint density at radius 3 is 2.48 bits per heavy atom. The number of benzene rings is 2. The number of pyridine rings is 1. The van der Waals surface area contributed by atoms with Crippen molar-refractivity contribution < 1.29 is 14.3 Å². The molecule has 1 saturated heterocycles. The summed E-state index contributed by atoms with van der Waals surface area (Å²) in [5, 5.41) is 1.34. The van der Waals surface area contributed by atoms with Gasteiger partial charge in [-0.05, 0) is 37.1 Å². The van der Waals surface area contributed by atoms with Crippen molar-refractivity contribution in [3.8, 4) is 11.3 Å². The molecule has 29 heavy (non-hydrogen) atoms. The van der Waals surface area contributed by atoms with Gasteiger partial charge in [-0.15, -0.1) is 0 Å². The Balaban J connectivity index is 1.60. The van der Waals surface area contributed by atoms with E-state index in [1.807, 2.05) is 36.4 Å². The van der Waals surface area contributed by atoms with Gasteiger partial charge in [0.25, 0.3) is 5.91 Å². The van der Waals surface area contributed by atoms with Crippen molar-refractivity contribution in [3.05, 3.63) is 65.2 Å². The van der Waals surface area contributed by atoms with Crippen molar-refractivity contribution in [2.45, 2.75) is 12.8 Å². The Bertz CT molecular complexity index is 1050. The summed E-state index contributed by atoms with van der Waals surface area (Å²) in [5.41, 5.74) is 7.73. The monoisotopic (exact) mass is 409 g/mol. The van der Waals surface area contributed by atoms with Crippen molar-refractivity contribution in [2.24, 2.45) is 5.92 Å². The summed E-state index contributed by atoms with van der Waals surface area (Å²) >= 11 is 5.98. The van der Waals surface area contributed by atoms with E-state index in [1.54, 1.807) is 18.2 Å². The average Bonchev–Trinajstić information content (AvgIpc) is 2.77. The van der Waals surface area contributed by atoms with Crippen LogP contribution < -0.4 is 10.9 Å². The number of aromatic nitrogens is 1. The Labute approximate surface area is 173 Å². The second-order valence-electron chi connectivity index (χ2n) is 6.91. The molecule has 0 saturated carbocycles. The molecule has 3 aromatic rings. The van der Waals surface area contributed by atoms with Crippen molar-refractivity contribution in [1.29, 1.82) is 0 Å². The Morgan fingerprint density at radius 1 is 1.00 bits per heavy atom. The van der Waals surface area contributed by atoms with Crippen molar-refractivity contribution in [1.82, 2.24) is 15.8 Å². The highest BCUT2D eigenvalue weighted by Gasteiger charge is 2.22. The van der Waals surface area contributed by atoms with Crippen LogP contribution in [0.5, 0.6) is 0 Å². The molecule has 7 heteroatoms. The molecule has 1 fully saturated rings. The average molecular weight is 410 g/mol. The summed E-state index contributed by atoms with van der Waals surface area (Å²) in [6.45, 7) is 1.12. The second-order valence-corrected chi connectivity index (χ2v) is 7.35. The summed E-state index contributed by atoms with van der Waals surface area (Å²) in [5.74, 6) is -0.736. The number of amides is 2. The highest BCUT2D eigenvalue weighted by Crippen LogP contribution is 2.26. The molecule has 1 aliphatic heterocycles. The Hall–Kier alpha value is -2.96. The number of para-hydroxylation sites is 1. The van der Waals surface area contributed by atoms with Crippen LogP contribution in [0.25, 0.3) is 22.2 Å². The lowest BCUT2D eigenvalue weighted by Crippen LogP contribution is -2.45. The maximum absolute atomic E-state index is 12.9. The Morgan fingerprint density at radius 2 is 1.72 bits per heavy atom. The normalized spacial score (nSPS) is 14.5. The second kappa shape index (κ2) is 8.59. The molecule has 2 aromatic carbocycles.